The van der Waals surface area contributed by atoms with Crippen molar-refractivity contribution < 1.29 is 19.0 Å². The molecule has 0 bridgehead atoms. The molecule has 4 heteroatoms. The molecule has 4 rings (SSSR count). The molecule has 0 N–H and O–H groups in total. The highest BCUT2D eigenvalue weighted by Crippen LogP contribution is 2.49. The van der Waals surface area contributed by atoms with Gasteiger partial charge in [-0.2, -0.15) is 0 Å². The number of esters is 1. The molecule has 0 radical (unpaired) electrons. The van der Waals surface area contributed by atoms with Crippen LogP contribution in [0.4, 0.5) is 0 Å². The summed E-state index contributed by atoms with van der Waals surface area (Å²) in [4.78, 5) is 12.5. The second kappa shape index (κ2) is 11.3. The first-order chi connectivity index (χ1) is 17.1. The average Bonchev–Trinajstić information content (AvgIpc) is 3.25. The van der Waals surface area contributed by atoms with E-state index < -0.39 is 5.97 Å². The minimum atomic E-state index is -0.422. The second-order valence-electron chi connectivity index (χ2n) is 8.70. The molecule has 3 aromatic carbocycles. The van der Waals surface area contributed by atoms with E-state index in [-0.39, 0.29) is 0 Å². The summed E-state index contributed by atoms with van der Waals surface area (Å²) in [5.74, 6) is 1.38. The monoisotopic (exact) mass is 470 g/mol. The molecule has 3 aromatic rings. The molecule has 0 unspecified atom stereocenters. The van der Waals surface area contributed by atoms with E-state index in [1.54, 1.807) is 13.0 Å². The number of hydrogen-bond acceptors (Lipinski definition) is 4. The lowest BCUT2D eigenvalue weighted by Crippen LogP contribution is -2.11. The predicted molar refractivity (Wildman–Crippen MR) is 142 cm³/mol. The lowest BCUT2D eigenvalue weighted by atomic mass is 9.92. The number of carbonyl (C=O) groups is 1. The van der Waals surface area contributed by atoms with E-state index in [0.717, 1.165) is 41.7 Å². The number of benzene rings is 3. The van der Waals surface area contributed by atoms with Crippen molar-refractivity contribution in [1.82, 2.24) is 0 Å². The standard InChI is InChI=1S/C31H34O4/c1-5-12-29(32)35-31-22(8-4)30(34-18-7-3)27(20-28(31)33-17-6-2)25-16-11-15-24-23-14-10-9-13-21(23)19-26(24)25/h5,9-16,20H,6-8,17-19H2,1-4H3. The zero-order chi connectivity index (χ0) is 24.8. The Bertz CT molecular complexity index is 1240. The summed E-state index contributed by atoms with van der Waals surface area (Å²) in [5.41, 5.74) is 8.14. The van der Waals surface area contributed by atoms with Crippen molar-refractivity contribution >= 4 is 5.97 Å². The highest BCUT2D eigenvalue weighted by Gasteiger charge is 2.27. The van der Waals surface area contributed by atoms with Gasteiger partial charge in [0.15, 0.2) is 11.5 Å². The summed E-state index contributed by atoms with van der Waals surface area (Å²) in [5, 5.41) is 0. The smallest absolute Gasteiger partial charge is 0.335 e. The van der Waals surface area contributed by atoms with Crippen molar-refractivity contribution in [3.8, 4) is 39.5 Å². The van der Waals surface area contributed by atoms with Crippen LogP contribution in [-0.4, -0.2) is 19.2 Å². The van der Waals surface area contributed by atoms with Crippen LogP contribution in [0, 0.1) is 0 Å². The van der Waals surface area contributed by atoms with Crippen molar-refractivity contribution in [1.29, 1.82) is 0 Å². The Hall–Kier alpha value is -3.53. The maximum absolute atomic E-state index is 12.5. The van der Waals surface area contributed by atoms with Gasteiger partial charge in [-0.15, -0.1) is 0 Å². The molecule has 35 heavy (non-hydrogen) atoms. The maximum atomic E-state index is 12.5. The Morgan fingerprint density at radius 1 is 0.857 bits per heavy atom. The van der Waals surface area contributed by atoms with Gasteiger partial charge in [0.2, 0.25) is 0 Å². The summed E-state index contributed by atoms with van der Waals surface area (Å²) in [6.07, 6.45) is 6.34. The van der Waals surface area contributed by atoms with Crippen molar-refractivity contribution in [3.05, 3.63) is 77.4 Å². The first-order valence-electron chi connectivity index (χ1n) is 12.6. The van der Waals surface area contributed by atoms with Crippen LogP contribution in [0.15, 0.2) is 60.7 Å². The fourth-order valence-electron chi connectivity index (χ4n) is 4.68. The van der Waals surface area contributed by atoms with Crippen LogP contribution in [0.3, 0.4) is 0 Å². The Labute approximate surface area is 208 Å². The normalized spacial score (nSPS) is 11.9. The number of allylic oxidation sites excluding steroid dienone is 1. The quantitative estimate of drug-likeness (QED) is 0.136. The van der Waals surface area contributed by atoms with Crippen LogP contribution in [0.5, 0.6) is 17.2 Å². The minimum absolute atomic E-state index is 0.422. The molecule has 1 aliphatic rings. The zero-order valence-corrected chi connectivity index (χ0v) is 21.1. The molecule has 0 aromatic heterocycles. The Kier molecular flexibility index (Phi) is 7.91. The number of hydrogen-bond donors (Lipinski definition) is 0. The molecule has 4 nitrogen and oxygen atoms in total. The van der Waals surface area contributed by atoms with Crippen molar-refractivity contribution in [2.45, 2.75) is 53.4 Å². The second-order valence-corrected chi connectivity index (χ2v) is 8.70. The number of fused-ring (bicyclic) bond motifs is 3. The van der Waals surface area contributed by atoms with Gasteiger partial charge < -0.3 is 14.2 Å². The molecular formula is C31H34O4. The minimum Gasteiger partial charge on any atom is -0.493 e. The summed E-state index contributed by atoms with van der Waals surface area (Å²) in [7, 11) is 0. The van der Waals surface area contributed by atoms with Gasteiger partial charge in [0.25, 0.3) is 0 Å². The van der Waals surface area contributed by atoms with Crippen LogP contribution >= 0.6 is 0 Å². The number of carbonyl (C=O) groups excluding carboxylic acids is 1. The zero-order valence-electron chi connectivity index (χ0n) is 21.1. The van der Waals surface area contributed by atoms with Crippen molar-refractivity contribution in [3.63, 3.8) is 0 Å². The lowest BCUT2D eigenvalue weighted by Gasteiger charge is -2.22. The van der Waals surface area contributed by atoms with Gasteiger partial charge >= 0.3 is 5.97 Å². The fraction of sp³-hybridized carbons (Fsp3) is 0.323. The Morgan fingerprint density at radius 2 is 1.54 bits per heavy atom. The SMILES string of the molecule is CC=CC(=O)Oc1c(OCCC)cc(-c2cccc3c2Cc2ccccc2-3)c(OCCC)c1CC. The van der Waals surface area contributed by atoms with Gasteiger partial charge in [-0.1, -0.05) is 69.3 Å². The van der Waals surface area contributed by atoms with Gasteiger partial charge in [-0.05, 0) is 66.5 Å². The van der Waals surface area contributed by atoms with E-state index >= 15 is 0 Å². The third-order valence-electron chi connectivity index (χ3n) is 6.20. The molecule has 182 valence electrons. The van der Waals surface area contributed by atoms with Gasteiger partial charge in [0.1, 0.15) is 5.75 Å². The summed E-state index contributed by atoms with van der Waals surface area (Å²) < 4.78 is 18.4. The molecule has 0 heterocycles. The van der Waals surface area contributed by atoms with Crippen LogP contribution < -0.4 is 14.2 Å². The van der Waals surface area contributed by atoms with Crippen molar-refractivity contribution in [2.75, 3.05) is 13.2 Å². The first kappa shape index (κ1) is 24.6. The van der Waals surface area contributed by atoms with Gasteiger partial charge in [0, 0.05) is 17.2 Å². The van der Waals surface area contributed by atoms with Gasteiger partial charge in [0.05, 0.1) is 13.2 Å². The van der Waals surface area contributed by atoms with Crippen LogP contribution in [0.1, 0.15) is 57.2 Å². The highest BCUT2D eigenvalue weighted by atomic mass is 16.6. The third-order valence-corrected chi connectivity index (χ3v) is 6.20. The molecule has 0 saturated carbocycles. The number of ether oxygens (including phenoxy) is 3. The Morgan fingerprint density at radius 3 is 2.26 bits per heavy atom. The van der Waals surface area contributed by atoms with E-state index in [0.29, 0.717) is 31.1 Å². The molecule has 0 fully saturated rings. The van der Waals surface area contributed by atoms with E-state index in [2.05, 4.69) is 63.2 Å². The van der Waals surface area contributed by atoms with Crippen molar-refractivity contribution in [2.24, 2.45) is 0 Å². The van der Waals surface area contributed by atoms with Crippen LogP contribution in [-0.2, 0) is 17.6 Å². The molecule has 0 atom stereocenters. The van der Waals surface area contributed by atoms with E-state index in [4.69, 9.17) is 14.2 Å². The molecule has 1 aliphatic carbocycles. The maximum Gasteiger partial charge on any atom is 0.335 e. The topological polar surface area (TPSA) is 44.8 Å². The van der Waals surface area contributed by atoms with E-state index in [1.807, 2.05) is 6.07 Å². The highest BCUT2D eigenvalue weighted by molar-refractivity contribution is 5.89. The molecular weight excluding hydrogens is 436 g/mol. The third kappa shape index (κ3) is 4.97. The van der Waals surface area contributed by atoms with Crippen LogP contribution in [0.25, 0.3) is 22.3 Å². The largest absolute Gasteiger partial charge is 0.493 e. The first-order valence-corrected chi connectivity index (χ1v) is 12.6. The molecule has 0 saturated heterocycles. The van der Waals surface area contributed by atoms with E-state index in [1.165, 1.54) is 28.3 Å². The summed E-state index contributed by atoms with van der Waals surface area (Å²) in [6, 6.07) is 17.0. The summed E-state index contributed by atoms with van der Waals surface area (Å²) in [6.45, 7) is 9.11. The van der Waals surface area contributed by atoms with Gasteiger partial charge in [-0.25, -0.2) is 4.79 Å². The average molecular weight is 471 g/mol. The lowest BCUT2D eigenvalue weighted by molar-refractivity contribution is -0.129. The fourth-order valence-corrected chi connectivity index (χ4v) is 4.68. The predicted octanol–water partition coefficient (Wildman–Crippen LogP) is 7.55. The van der Waals surface area contributed by atoms with E-state index in [9.17, 15) is 4.79 Å². The molecule has 0 amide bonds. The molecule has 0 spiro atoms. The van der Waals surface area contributed by atoms with Crippen LogP contribution in [0.2, 0.25) is 0 Å². The number of rotatable bonds is 10. The summed E-state index contributed by atoms with van der Waals surface area (Å²) >= 11 is 0. The Balaban J connectivity index is 1.94. The molecule has 0 aliphatic heterocycles. The van der Waals surface area contributed by atoms with Gasteiger partial charge in [-0.3, -0.25) is 0 Å².